The molecule has 17 heavy (non-hydrogen) atoms. The molecule has 0 aromatic rings. The summed E-state index contributed by atoms with van der Waals surface area (Å²) in [4.78, 5) is 25.0. The van der Waals surface area contributed by atoms with E-state index in [4.69, 9.17) is 10.5 Å². The minimum Gasteiger partial charge on any atom is -0.468 e. The molecule has 0 bridgehead atoms. The summed E-state index contributed by atoms with van der Waals surface area (Å²) in [5.74, 6) is 0.0760. The predicted octanol–water partition coefficient (Wildman–Crippen LogP) is 0.135. The number of esters is 1. The van der Waals surface area contributed by atoms with Gasteiger partial charge in [-0.3, -0.25) is 14.5 Å². The number of nitrogens with zero attached hydrogens (tertiary/aromatic N) is 1. The molecular weight excluding hydrogens is 220 g/mol. The zero-order valence-corrected chi connectivity index (χ0v) is 10.2. The molecule has 1 amide bonds. The molecule has 1 aliphatic heterocycles. The van der Waals surface area contributed by atoms with Crippen LogP contribution in [0.15, 0.2) is 0 Å². The molecule has 0 spiro atoms. The Balaban J connectivity index is 1.93. The van der Waals surface area contributed by atoms with E-state index in [9.17, 15) is 9.59 Å². The van der Waals surface area contributed by atoms with Crippen molar-refractivity contribution in [2.24, 2.45) is 17.6 Å². The van der Waals surface area contributed by atoms with Crippen molar-refractivity contribution in [3.63, 3.8) is 0 Å². The largest absolute Gasteiger partial charge is 0.468 e. The van der Waals surface area contributed by atoms with E-state index in [1.165, 1.54) is 7.11 Å². The van der Waals surface area contributed by atoms with E-state index in [0.29, 0.717) is 5.92 Å². The molecule has 1 heterocycles. The lowest BCUT2D eigenvalue weighted by molar-refractivity contribution is -0.148. The molecule has 0 radical (unpaired) electrons. The first kappa shape index (κ1) is 12.4. The molecule has 1 atom stereocenters. The lowest BCUT2D eigenvalue weighted by atomic mass is 9.94. The smallest absolute Gasteiger partial charge is 0.323 e. The molecule has 2 aliphatic rings. The molecule has 1 saturated heterocycles. The third kappa shape index (κ3) is 2.77. The normalized spacial score (nSPS) is 24.3. The van der Waals surface area contributed by atoms with Crippen LogP contribution in [0.5, 0.6) is 0 Å². The fourth-order valence-electron chi connectivity index (χ4n) is 2.63. The average molecular weight is 240 g/mol. The highest BCUT2D eigenvalue weighted by atomic mass is 16.5. The van der Waals surface area contributed by atoms with Gasteiger partial charge in [0.2, 0.25) is 5.91 Å². The van der Waals surface area contributed by atoms with E-state index in [0.717, 1.165) is 38.8 Å². The van der Waals surface area contributed by atoms with Crippen LogP contribution in [0.3, 0.4) is 0 Å². The molecule has 0 aromatic carbocycles. The maximum absolute atomic E-state index is 11.8. The Morgan fingerprint density at radius 2 is 1.82 bits per heavy atom. The molecule has 96 valence electrons. The Morgan fingerprint density at radius 3 is 2.24 bits per heavy atom. The number of carbonyl (C=O) groups is 2. The van der Waals surface area contributed by atoms with Gasteiger partial charge < -0.3 is 10.5 Å². The lowest BCUT2D eigenvalue weighted by Crippen LogP contribution is -2.48. The van der Waals surface area contributed by atoms with E-state index < -0.39 is 0 Å². The number of carbonyl (C=O) groups excluding carboxylic acids is 2. The van der Waals surface area contributed by atoms with E-state index in [-0.39, 0.29) is 23.8 Å². The third-order valence-corrected chi connectivity index (χ3v) is 3.84. The molecule has 2 fully saturated rings. The highest BCUT2D eigenvalue weighted by molar-refractivity contribution is 5.77. The van der Waals surface area contributed by atoms with E-state index >= 15 is 0 Å². The van der Waals surface area contributed by atoms with Crippen LogP contribution < -0.4 is 5.73 Å². The summed E-state index contributed by atoms with van der Waals surface area (Å²) in [7, 11) is 1.44. The second-order valence-corrected chi connectivity index (χ2v) is 5.02. The fourth-order valence-corrected chi connectivity index (χ4v) is 2.63. The molecular formula is C12H20N2O3. The summed E-state index contributed by atoms with van der Waals surface area (Å²) < 4.78 is 4.87. The van der Waals surface area contributed by atoms with Gasteiger partial charge in [-0.1, -0.05) is 0 Å². The summed E-state index contributed by atoms with van der Waals surface area (Å²) in [5, 5.41) is 0. The van der Waals surface area contributed by atoms with Crippen LogP contribution in [0.2, 0.25) is 0 Å². The van der Waals surface area contributed by atoms with Gasteiger partial charge in [-0.25, -0.2) is 0 Å². The van der Waals surface area contributed by atoms with Gasteiger partial charge in [0.15, 0.2) is 0 Å². The second-order valence-electron chi connectivity index (χ2n) is 5.02. The van der Waals surface area contributed by atoms with Crippen molar-refractivity contribution in [3.05, 3.63) is 0 Å². The molecule has 5 nitrogen and oxygen atoms in total. The maximum atomic E-state index is 11.8. The highest BCUT2D eigenvalue weighted by Gasteiger charge is 2.42. The number of rotatable bonds is 4. The van der Waals surface area contributed by atoms with Gasteiger partial charge in [-0.2, -0.15) is 0 Å². The van der Waals surface area contributed by atoms with E-state index in [1.54, 1.807) is 0 Å². The Hall–Kier alpha value is -1.10. The standard InChI is InChI=1S/C12H20N2O3/c1-17-12(16)10(8-2-3-8)14-6-4-9(5-7-14)11(13)15/h8-10H,2-7H2,1H3,(H2,13,15). The number of hydrogen-bond acceptors (Lipinski definition) is 4. The number of hydrogen-bond donors (Lipinski definition) is 1. The quantitative estimate of drug-likeness (QED) is 0.709. The van der Waals surface area contributed by atoms with Crippen molar-refractivity contribution in [1.82, 2.24) is 4.90 Å². The molecule has 2 rings (SSSR count). The van der Waals surface area contributed by atoms with Crippen LogP contribution in [0.4, 0.5) is 0 Å². The fraction of sp³-hybridized carbons (Fsp3) is 0.833. The Kier molecular flexibility index (Phi) is 3.66. The average Bonchev–Trinajstić information content (AvgIpc) is 3.14. The lowest BCUT2D eigenvalue weighted by Gasteiger charge is -2.35. The van der Waals surface area contributed by atoms with Gasteiger partial charge in [0.25, 0.3) is 0 Å². The number of piperidine rings is 1. The van der Waals surface area contributed by atoms with Crippen molar-refractivity contribution in [1.29, 1.82) is 0 Å². The summed E-state index contributed by atoms with van der Waals surface area (Å²) in [6.07, 6.45) is 3.73. The molecule has 1 unspecified atom stereocenters. The number of likely N-dealkylation sites (tertiary alicyclic amines) is 1. The van der Waals surface area contributed by atoms with Crippen LogP contribution in [0.25, 0.3) is 0 Å². The van der Waals surface area contributed by atoms with Gasteiger partial charge in [-0.15, -0.1) is 0 Å². The number of ether oxygens (including phenoxy) is 1. The molecule has 5 heteroatoms. The Morgan fingerprint density at radius 1 is 1.24 bits per heavy atom. The number of primary amides is 1. The molecule has 2 N–H and O–H groups in total. The molecule has 1 aliphatic carbocycles. The third-order valence-electron chi connectivity index (χ3n) is 3.84. The van der Waals surface area contributed by atoms with Crippen molar-refractivity contribution in [2.75, 3.05) is 20.2 Å². The highest BCUT2D eigenvalue weighted by Crippen LogP contribution is 2.37. The maximum Gasteiger partial charge on any atom is 0.323 e. The first-order chi connectivity index (χ1) is 8.13. The van der Waals surface area contributed by atoms with Crippen LogP contribution in [0, 0.1) is 11.8 Å². The Labute approximate surface area is 101 Å². The van der Waals surface area contributed by atoms with Crippen LogP contribution in [0.1, 0.15) is 25.7 Å². The first-order valence-corrected chi connectivity index (χ1v) is 6.24. The second kappa shape index (κ2) is 5.04. The number of methoxy groups -OCH3 is 1. The number of amides is 1. The van der Waals surface area contributed by atoms with Gasteiger partial charge in [-0.05, 0) is 44.7 Å². The summed E-state index contributed by atoms with van der Waals surface area (Å²) in [6, 6.07) is -0.103. The van der Waals surface area contributed by atoms with Gasteiger partial charge in [0, 0.05) is 5.92 Å². The summed E-state index contributed by atoms with van der Waals surface area (Å²) in [5.41, 5.74) is 5.30. The number of nitrogens with two attached hydrogens (primary N) is 1. The van der Waals surface area contributed by atoms with Gasteiger partial charge >= 0.3 is 5.97 Å². The minimum atomic E-state index is -0.217. The SMILES string of the molecule is COC(=O)C(C1CC1)N1CCC(C(N)=O)CC1. The predicted molar refractivity (Wildman–Crippen MR) is 62.0 cm³/mol. The van der Waals surface area contributed by atoms with Crippen molar-refractivity contribution >= 4 is 11.9 Å². The van der Waals surface area contributed by atoms with Crippen molar-refractivity contribution < 1.29 is 14.3 Å². The first-order valence-electron chi connectivity index (χ1n) is 6.24. The van der Waals surface area contributed by atoms with Gasteiger partial charge in [0.1, 0.15) is 6.04 Å². The van der Waals surface area contributed by atoms with E-state index in [2.05, 4.69) is 4.90 Å². The zero-order valence-electron chi connectivity index (χ0n) is 10.2. The summed E-state index contributed by atoms with van der Waals surface area (Å²) in [6.45, 7) is 1.54. The topological polar surface area (TPSA) is 72.6 Å². The monoisotopic (exact) mass is 240 g/mol. The van der Waals surface area contributed by atoms with E-state index in [1.807, 2.05) is 0 Å². The Bertz CT molecular complexity index is 307. The summed E-state index contributed by atoms with van der Waals surface area (Å²) >= 11 is 0. The van der Waals surface area contributed by atoms with Crippen LogP contribution in [-0.2, 0) is 14.3 Å². The van der Waals surface area contributed by atoms with Crippen LogP contribution in [-0.4, -0.2) is 43.0 Å². The van der Waals surface area contributed by atoms with Crippen molar-refractivity contribution in [2.45, 2.75) is 31.7 Å². The van der Waals surface area contributed by atoms with Crippen LogP contribution >= 0.6 is 0 Å². The minimum absolute atomic E-state index is 0.0243. The van der Waals surface area contributed by atoms with Crippen molar-refractivity contribution in [3.8, 4) is 0 Å². The zero-order chi connectivity index (χ0) is 12.4. The van der Waals surface area contributed by atoms with Gasteiger partial charge in [0.05, 0.1) is 7.11 Å². The molecule has 1 saturated carbocycles. The molecule has 0 aromatic heterocycles.